The molecule has 0 spiro atoms. The van der Waals surface area contributed by atoms with Crippen LogP contribution in [0.1, 0.15) is 42.1 Å². The minimum Gasteiger partial charge on any atom is -0.460 e. The van der Waals surface area contributed by atoms with Crippen LogP contribution in [0.15, 0.2) is 28.7 Å². The molecule has 0 radical (unpaired) electrons. The van der Waals surface area contributed by atoms with Gasteiger partial charge in [-0.15, -0.1) is 0 Å². The minimum absolute atomic E-state index is 0.0176. The van der Waals surface area contributed by atoms with E-state index in [2.05, 4.69) is 4.98 Å². The van der Waals surface area contributed by atoms with Crippen LogP contribution in [-0.2, 0) is 11.2 Å². The van der Waals surface area contributed by atoms with E-state index in [0.717, 1.165) is 12.0 Å². The third kappa shape index (κ3) is 3.26. The van der Waals surface area contributed by atoms with Gasteiger partial charge in [0, 0.05) is 5.56 Å². The molecule has 21 heavy (non-hydrogen) atoms. The van der Waals surface area contributed by atoms with Crippen LogP contribution >= 0.6 is 0 Å². The summed E-state index contributed by atoms with van der Waals surface area (Å²) in [5, 5.41) is 0. The second-order valence-electron chi connectivity index (χ2n) is 4.31. The number of hydrogen-bond acceptors (Lipinski definition) is 4. The average molecular weight is 295 g/mol. The number of nitrogens with zero attached hydrogens (tertiary/aromatic N) is 1. The SMILES string of the molecule is CCOC(=O)c1oc(-c2ccc(CC)cc2)nc1C(F)F. The Morgan fingerprint density at radius 3 is 2.48 bits per heavy atom. The molecular weight excluding hydrogens is 280 g/mol. The smallest absolute Gasteiger partial charge is 0.376 e. The highest BCUT2D eigenvalue weighted by atomic mass is 19.3. The van der Waals surface area contributed by atoms with Gasteiger partial charge in [-0.2, -0.15) is 0 Å². The molecule has 0 N–H and O–H groups in total. The van der Waals surface area contributed by atoms with E-state index in [1.165, 1.54) is 0 Å². The highest BCUT2D eigenvalue weighted by Crippen LogP contribution is 2.29. The molecule has 0 bridgehead atoms. The highest BCUT2D eigenvalue weighted by molar-refractivity contribution is 5.88. The van der Waals surface area contributed by atoms with Gasteiger partial charge in [0.1, 0.15) is 0 Å². The first kappa shape index (κ1) is 15.2. The summed E-state index contributed by atoms with van der Waals surface area (Å²) in [5.74, 6) is -1.49. The number of rotatable bonds is 5. The van der Waals surface area contributed by atoms with E-state index in [9.17, 15) is 13.6 Å². The maximum Gasteiger partial charge on any atom is 0.376 e. The number of carbonyl (C=O) groups is 1. The van der Waals surface area contributed by atoms with Crippen LogP contribution in [0.3, 0.4) is 0 Å². The lowest BCUT2D eigenvalue weighted by atomic mass is 10.1. The van der Waals surface area contributed by atoms with Crippen molar-refractivity contribution in [1.29, 1.82) is 0 Å². The number of benzene rings is 1. The Balaban J connectivity index is 2.40. The summed E-state index contributed by atoms with van der Waals surface area (Å²) in [7, 11) is 0. The summed E-state index contributed by atoms with van der Waals surface area (Å²) in [5.41, 5.74) is 0.942. The molecule has 0 unspecified atom stereocenters. The van der Waals surface area contributed by atoms with Crippen LogP contribution in [0.25, 0.3) is 11.5 Å². The van der Waals surface area contributed by atoms with E-state index in [-0.39, 0.29) is 12.5 Å². The molecule has 0 fully saturated rings. The van der Waals surface area contributed by atoms with Gasteiger partial charge in [0.25, 0.3) is 6.43 Å². The Bertz CT molecular complexity index is 620. The van der Waals surface area contributed by atoms with Gasteiger partial charge in [0.2, 0.25) is 11.7 Å². The van der Waals surface area contributed by atoms with Gasteiger partial charge >= 0.3 is 5.97 Å². The third-order valence-electron chi connectivity index (χ3n) is 2.93. The standard InChI is InChI=1S/C15H15F2NO3/c1-3-9-5-7-10(8-6-9)14-18-11(13(16)17)12(21-14)15(19)20-4-2/h5-8,13H,3-4H2,1-2H3. The molecule has 2 rings (SSSR count). The molecule has 6 heteroatoms. The Hall–Kier alpha value is -2.24. The molecule has 0 amide bonds. The van der Waals surface area contributed by atoms with E-state index in [1.807, 2.05) is 19.1 Å². The molecule has 0 saturated heterocycles. The zero-order valence-electron chi connectivity index (χ0n) is 11.7. The second-order valence-corrected chi connectivity index (χ2v) is 4.31. The van der Waals surface area contributed by atoms with Crippen molar-refractivity contribution in [3.63, 3.8) is 0 Å². The van der Waals surface area contributed by atoms with Crippen LogP contribution in [0, 0.1) is 0 Å². The normalized spacial score (nSPS) is 10.9. The number of halogens is 2. The van der Waals surface area contributed by atoms with Crippen molar-refractivity contribution in [3.05, 3.63) is 41.3 Å². The lowest BCUT2D eigenvalue weighted by molar-refractivity contribution is 0.0476. The molecule has 0 aliphatic heterocycles. The maximum atomic E-state index is 12.9. The zero-order chi connectivity index (χ0) is 15.4. The van der Waals surface area contributed by atoms with Crippen LogP contribution in [0.5, 0.6) is 0 Å². The summed E-state index contributed by atoms with van der Waals surface area (Å²) in [4.78, 5) is 15.3. The molecule has 1 aromatic carbocycles. The number of esters is 1. The summed E-state index contributed by atoms with van der Waals surface area (Å²) in [6, 6.07) is 7.14. The molecule has 0 saturated carbocycles. The monoisotopic (exact) mass is 295 g/mol. The van der Waals surface area contributed by atoms with Crippen molar-refractivity contribution in [3.8, 4) is 11.5 Å². The molecule has 2 aromatic rings. The van der Waals surface area contributed by atoms with Crippen molar-refractivity contribution in [2.45, 2.75) is 26.7 Å². The molecule has 112 valence electrons. The predicted octanol–water partition coefficient (Wildman–Crippen LogP) is 4.02. The van der Waals surface area contributed by atoms with Gasteiger partial charge in [0.05, 0.1) is 6.61 Å². The number of aryl methyl sites for hydroxylation is 1. The van der Waals surface area contributed by atoms with E-state index < -0.39 is 23.8 Å². The number of alkyl halides is 2. The Labute approximate surface area is 120 Å². The van der Waals surface area contributed by atoms with E-state index in [1.54, 1.807) is 19.1 Å². The number of ether oxygens (including phenoxy) is 1. The Kier molecular flexibility index (Phi) is 4.67. The quantitative estimate of drug-likeness (QED) is 0.782. The number of hydrogen-bond donors (Lipinski definition) is 0. The molecule has 0 aliphatic rings. The number of oxazole rings is 1. The lowest BCUT2D eigenvalue weighted by Crippen LogP contribution is -2.06. The first-order valence-corrected chi connectivity index (χ1v) is 6.62. The fourth-order valence-electron chi connectivity index (χ4n) is 1.83. The average Bonchev–Trinajstić information content (AvgIpc) is 2.93. The fraction of sp³-hybridized carbons (Fsp3) is 0.333. The first-order valence-electron chi connectivity index (χ1n) is 6.62. The maximum absolute atomic E-state index is 12.9. The zero-order valence-corrected chi connectivity index (χ0v) is 11.7. The fourth-order valence-corrected chi connectivity index (χ4v) is 1.83. The Morgan fingerprint density at radius 2 is 1.95 bits per heavy atom. The molecule has 1 aromatic heterocycles. The summed E-state index contributed by atoms with van der Waals surface area (Å²) in [6.07, 6.45) is -2.04. The van der Waals surface area contributed by atoms with Crippen molar-refractivity contribution in [2.24, 2.45) is 0 Å². The topological polar surface area (TPSA) is 52.3 Å². The van der Waals surface area contributed by atoms with Crippen LogP contribution in [-0.4, -0.2) is 17.6 Å². The van der Waals surface area contributed by atoms with E-state index in [4.69, 9.17) is 9.15 Å². The van der Waals surface area contributed by atoms with E-state index in [0.29, 0.717) is 5.56 Å². The third-order valence-corrected chi connectivity index (χ3v) is 2.93. The molecule has 1 heterocycles. The largest absolute Gasteiger partial charge is 0.460 e. The second kappa shape index (κ2) is 6.47. The minimum atomic E-state index is -2.91. The van der Waals surface area contributed by atoms with Crippen LogP contribution in [0.2, 0.25) is 0 Å². The summed E-state index contributed by atoms with van der Waals surface area (Å²) < 4.78 is 35.8. The number of aromatic nitrogens is 1. The van der Waals surface area contributed by atoms with Gasteiger partial charge in [-0.1, -0.05) is 19.1 Å². The molecule has 4 nitrogen and oxygen atoms in total. The summed E-state index contributed by atoms with van der Waals surface area (Å²) >= 11 is 0. The van der Waals surface area contributed by atoms with Gasteiger partial charge in [-0.3, -0.25) is 0 Å². The van der Waals surface area contributed by atoms with Crippen molar-refractivity contribution in [1.82, 2.24) is 4.98 Å². The van der Waals surface area contributed by atoms with Gasteiger partial charge in [-0.25, -0.2) is 18.6 Å². The van der Waals surface area contributed by atoms with Crippen molar-refractivity contribution < 1.29 is 22.7 Å². The molecule has 0 aliphatic carbocycles. The van der Waals surface area contributed by atoms with E-state index >= 15 is 0 Å². The van der Waals surface area contributed by atoms with Gasteiger partial charge in [0.15, 0.2) is 5.69 Å². The van der Waals surface area contributed by atoms with Crippen LogP contribution in [0.4, 0.5) is 8.78 Å². The molecule has 0 atom stereocenters. The van der Waals surface area contributed by atoms with Gasteiger partial charge in [-0.05, 0) is 31.0 Å². The van der Waals surface area contributed by atoms with Crippen molar-refractivity contribution in [2.75, 3.05) is 6.61 Å². The lowest BCUT2D eigenvalue weighted by Gasteiger charge is -1.99. The highest BCUT2D eigenvalue weighted by Gasteiger charge is 2.27. The van der Waals surface area contributed by atoms with Gasteiger partial charge < -0.3 is 9.15 Å². The predicted molar refractivity (Wildman–Crippen MR) is 72.2 cm³/mol. The van der Waals surface area contributed by atoms with Crippen molar-refractivity contribution >= 4 is 5.97 Å². The first-order chi connectivity index (χ1) is 10.1. The number of carbonyl (C=O) groups excluding carboxylic acids is 1. The van der Waals surface area contributed by atoms with Crippen LogP contribution < -0.4 is 0 Å². The Morgan fingerprint density at radius 1 is 1.29 bits per heavy atom. The summed E-state index contributed by atoms with van der Waals surface area (Å²) in [6.45, 7) is 3.66. The molecular formula is C15H15F2NO3.